The lowest BCUT2D eigenvalue weighted by molar-refractivity contribution is 1.10. The molecule has 0 aliphatic carbocycles. The minimum Gasteiger partial charge on any atom is -0.374 e. The van der Waals surface area contributed by atoms with Crippen LogP contribution in [0.3, 0.4) is 0 Å². The van der Waals surface area contributed by atoms with Crippen LogP contribution in [0.4, 0.5) is 5.13 Å². The van der Waals surface area contributed by atoms with E-state index in [2.05, 4.69) is 26.1 Å². The smallest absolute Gasteiger partial charge is 0.203 e. The highest BCUT2D eigenvalue weighted by Crippen LogP contribution is 2.30. The van der Waals surface area contributed by atoms with Gasteiger partial charge in [0.1, 0.15) is 5.01 Å². The molecular formula is C8H5BrClN3S. The van der Waals surface area contributed by atoms with E-state index in [9.17, 15) is 0 Å². The third-order valence-electron chi connectivity index (χ3n) is 1.61. The van der Waals surface area contributed by atoms with Gasteiger partial charge >= 0.3 is 0 Å². The summed E-state index contributed by atoms with van der Waals surface area (Å²) >= 11 is 10.6. The van der Waals surface area contributed by atoms with Crippen molar-refractivity contribution >= 4 is 44.0 Å². The van der Waals surface area contributed by atoms with E-state index in [0.29, 0.717) is 10.2 Å². The molecule has 0 amide bonds. The van der Waals surface area contributed by atoms with E-state index in [1.807, 2.05) is 12.1 Å². The molecule has 0 bridgehead atoms. The highest BCUT2D eigenvalue weighted by atomic mass is 79.9. The van der Waals surface area contributed by atoms with Gasteiger partial charge in [-0.3, -0.25) is 0 Å². The fraction of sp³-hybridized carbons (Fsp3) is 0. The van der Waals surface area contributed by atoms with Crippen molar-refractivity contribution in [3.8, 4) is 10.6 Å². The Morgan fingerprint density at radius 3 is 2.71 bits per heavy atom. The van der Waals surface area contributed by atoms with E-state index in [-0.39, 0.29) is 0 Å². The summed E-state index contributed by atoms with van der Waals surface area (Å²) in [5.41, 5.74) is 6.45. The van der Waals surface area contributed by atoms with E-state index >= 15 is 0 Å². The maximum Gasteiger partial charge on any atom is 0.203 e. The fourth-order valence-electron chi connectivity index (χ4n) is 0.980. The molecule has 72 valence electrons. The highest BCUT2D eigenvalue weighted by Gasteiger charge is 2.06. The molecule has 0 aliphatic heterocycles. The third-order valence-corrected chi connectivity index (χ3v) is 3.62. The lowest BCUT2D eigenvalue weighted by Crippen LogP contribution is -1.80. The number of nitrogen functional groups attached to an aromatic ring is 1. The number of nitrogens with two attached hydrogens (primary N) is 1. The largest absolute Gasteiger partial charge is 0.374 e. The number of anilines is 1. The van der Waals surface area contributed by atoms with Gasteiger partial charge in [-0.15, -0.1) is 10.2 Å². The summed E-state index contributed by atoms with van der Waals surface area (Å²) in [4.78, 5) is 0. The highest BCUT2D eigenvalue weighted by molar-refractivity contribution is 9.10. The predicted molar refractivity (Wildman–Crippen MR) is 62.5 cm³/mol. The van der Waals surface area contributed by atoms with Crippen LogP contribution in [0.25, 0.3) is 10.6 Å². The average Bonchev–Trinajstić information content (AvgIpc) is 2.57. The Hall–Kier alpha value is -0.650. The van der Waals surface area contributed by atoms with Crippen LogP contribution in [0.2, 0.25) is 5.02 Å². The summed E-state index contributed by atoms with van der Waals surface area (Å²) in [6.07, 6.45) is 0. The first-order valence-electron chi connectivity index (χ1n) is 3.71. The van der Waals surface area contributed by atoms with Gasteiger partial charge in [-0.2, -0.15) is 0 Å². The van der Waals surface area contributed by atoms with Gasteiger partial charge in [-0.1, -0.05) is 29.0 Å². The molecule has 0 radical (unpaired) electrons. The normalized spacial score (nSPS) is 10.4. The van der Waals surface area contributed by atoms with E-state index < -0.39 is 0 Å². The van der Waals surface area contributed by atoms with Crippen LogP contribution < -0.4 is 5.73 Å². The molecule has 0 spiro atoms. The van der Waals surface area contributed by atoms with Crippen molar-refractivity contribution in [1.82, 2.24) is 10.2 Å². The molecule has 1 heterocycles. The minimum atomic E-state index is 0.464. The van der Waals surface area contributed by atoms with Gasteiger partial charge < -0.3 is 5.73 Å². The summed E-state index contributed by atoms with van der Waals surface area (Å²) < 4.78 is 0.838. The first kappa shape index (κ1) is 9.89. The molecule has 0 atom stereocenters. The first-order chi connectivity index (χ1) is 6.66. The second-order valence-electron chi connectivity index (χ2n) is 2.57. The monoisotopic (exact) mass is 289 g/mol. The van der Waals surface area contributed by atoms with Crippen molar-refractivity contribution < 1.29 is 0 Å². The molecule has 2 aromatic rings. The summed E-state index contributed by atoms with van der Waals surface area (Å²) in [7, 11) is 0. The van der Waals surface area contributed by atoms with Crippen LogP contribution in [-0.4, -0.2) is 10.2 Å². The van der Waals surface area contributed by atoms with E-state index in [4.69, 9.17) is 17.3 Å². The van der Waals surface area contributed by atoms with Crippen molar-refractivity contribution in [3.63, 3.8) is 0 Å². The van der Waals surface area contributed by atoms with E-state index in [1.165, 1.54) is 11.3 Å². The van der Waals surface area contributed by atoms with Gasteiger partial charge in [-0.05, 0) is 28.1 Å². The molecule has 14 heavy (non-hydrogen) atoms. The molecule has 0 unspecified atom stereocenters. The summed E-state index contributed by atoms with van der Waals surface area (Å²) in [5, 5.41) is 9.61. The minimum absolute atomic E-state index is 0.464. The molecule has 0 saturated carbocycles. The van der Waals surface area contributed by atoms with Gasteiger partial charge in [0.2, 0.25) is 5.13 Å². The van der Waals surface area contributed by atoms with Gasteiger partial charge in [0.05, 0.1) is 5.02 Å². The van der Waals surface area contributed by atoms with Crippen LogP contribution in [0.1, 0.15) is 0 Å². The Morgan fingerprint density at radius 1 is 1.36 bits per heavy atom. The number of hydrogen-bond donors (Lipinski definition) is 1. The summed E-state index contributed by atoms with van der Waals surface area (Å²) in [6, 6.07) is 5.58. The van der Waals surface area contributed by atoms with Crippen molar-refractivity contribution in [2.24, 2.45) is 0 Å². The number of nitrogens with zero attached hydrogens (tertiary/aromatic N) is 2. The molecule has 1 aromatic heterocycles. The average molecular weight is 291 g/mol. The van der Waals surface area contributed by atoms with Gasteiger partial charge in [0.15, 0.2) is 0 Å². The molecule has 0 fully saturated rings. The van der Waals surface area contributed by atoms with Gasteiger partial charge in [0.25, 0.3) is 0 Å². The maximum atomic E-state index is 5.87. The van der Waals surface area contributed by atoms with Crippen LogP contribution in [0.15, 0.2) is 22.7 Å². The SMILES string of the molecule is Nc1nnc(-c2ccc(Cl)c(Br)c2)s1. The number of benzene rings is 1. The fourth-order valence-corrected chi connectivity index (χ4v) is 2.08. The molecule has 6 heteroatoms. The standard InChI is InChI=1S/C8H5BrClN3S/c9-5-3-4(1-2-6(5)10)7-12-13-8(11)14-7/h1-3H,(H2,11,13). The van der Waals surface area contributed by atoms with Gasteiger partial charge in [-0.25, -0.2) is 0 Å². The molecule has 1 aromatic carbocycles. The predicted octanol–water partition coefficient (Wildman–Crippen LogP) is 3.20. The zero-order valence-corrected chi connectivity index (χ0v) is 10.0. The second-order valence-corrected chi connectivity index (χ2v) is 4.84. The Labute approximate surface area is 98.0 Å². The Kier molecular flexibility index (Phi) is 2.71. The molecule has 0 aliphatic rings. The number of halogens is 2. The second kappa shape index (κ2) is 3.84. The molecule has 2 rings (SSSR count). The Morgan fingerprint density at radius 2 is 2.14 bits per heavy atom. The first-order valence-corrected chi connectivity index (χ1v) is 5.70. The van der Waals surface area contributed by atoms with E-state index in [1.54, 1.807) is 6.07 Å². The van der Waals surface area contributed by atoms with Crippen molar-refractivity contribution in [2.45, 2.75) is 0 Å². The molecule has 0 saturated heterocycles. The van der Waals surface area contributed by atoms with Crippen LogP contribution >= 0.6 is 38.9 Å². The van der Waals surface area contributed by atoms with Crippen molar-refractivity contribution in [2.75, 3.05) is 5.73 Å². The van der Waals surface area contributed by atoms with Crippen LogP contribution in [0, 0.1) is 0 Å². The Balaban J connectivity index is 2.47. The summed E-state index contributed by atoms with van der Waals surface area (Å²) in [6.45, 7) is 0. The number of aromatic nitrogens is 2. The quantitative estimate of drug-likeness (QED) is 0.877. The van der Waals surface area contributed by atoms with Crippen LogP contribution in [0.5, 0.6) is 0 Å². The molecule has 3 nitrogen and oxygen atoms in total. The molecule has 2 N–H and O–H groups in total. The summed E-state index contributed by atoms with van der Waals surface area (Å²) in [5.74, 6) is 0. The zero-order chi connectivity index (χ0) is 10.1. The lowest BCUT2D eigenvalue weighted by atomic mass is 10.2. The maximum absolute atomic E-state index is 5.87. The van der Waals surface area contributed by atoms with E-state index in [0.717, 1.165) is 15.0 Å². The number of hydrogen-bond acceptors (Lipinski definition) is 4. The van der Waals surface area contributed by atoms with Crippen molar-refractivity contribution in [1.29, 1.82) is 0 Å². The Bertz CT molecular complexity index is 471. The van der Waals surface area contributed by atoms with Gasteiger partial charge in [0, 0.05) is 10.0 Å². The van der Waals surface area contributed by atoms with Crippen molar-refractivity contribution in [3.05, 3.63) is 27.7 Å². The number of rotatable bonds is 1. The topological polar surface area (TPSA) is 51.8 Å². The third kappa shape index (κ3) is 1.89. The zero-order valence-electron chi connectivity index (χ0n) is 6.87. The molecular weight excluding hydrogens is 286 g/mol. The lowest BCUT2D eigenvalue weighted by Gasteiger charge is -1.98. The van der Waals surface area contributed by atoms with Crippen LogP contribution in [-0.2, 0) is 0 Å².